The van der Waals surface area contributed by atoms with Gasteiger partial charge in [-0.05, 0) is 25.0 Å². The molecule has 0 aromatic heterocycles. The molecule has 0 amide bonds. The second kappa shape index (κ2) is 5.01. The SMILES string of the molecule is C=C(CC)CC(=O)c1cc(C)c(F)cc1F. The minimum atomic E-state index is -0.808. The Kier molecular flexibility index (Phi) is 3.93. The van der Waals surface area contributed by atoms with Crippen LogP contribution in [0, 0.1) is 18.6 Å². The summed E-state index contributed by atoms with van der Waals surface area (Å²) in [7, 11) is 0. The number of carbonyl (C=O) groups is 1. The molecular weight excluding hydrogens is 210 g/mol. The van der Waals surface area contributed by atoms with Crippen molar-refractivity contribution in [2.24, 2.45) is 0 Å². The first kappa shape index (κ1) is 12.6. The molecule has 0 aliphatic rings. The van der Waals surface area contributed by atoms with Crippen molar-refractivity contribution in [3.63, 3.8) is 0 Å². The Balaban J connectivity index is 3.00. The van der Waals surface area contributed by atoms with Crippen molar-refractivity contribution < 1.29 is 13.6 Å². The maximum atomic E-state index is 13.3. The fourth-order valence-electron chi connectivity index (χ4n) is 1.32. The predicted octanol–water partition coefficient (Wildman–Crippen LogP) is 3.81. The van der Waals surface area contributed by atoms with Gasteiger partial charge in [-0.2, -0.15) is 0 Å². The predicted molar refractivity (Wildman–Crippen MR) is 59.5 cm³/mol. The molecule has 0 aliphatic carbocycles. The van der Waals surface area contributed by atoms with Gasteiger partial charge in [0.15, 0.2) is 5.78 Å². The Labute approximate surface area is 93.8 Å². The minimum Gasteiger partial charge on any atom is -0.294 e. The summed E-state index contributed by atoms with van der Waals surface area (Å²) < 4.78 is 26.3. The van der Waals surface area contributed by atoms with E-state index in [0.29, 0.717) is 6.42 Å². The third kappa shape index (κ3) is 2.75. The largest absolute Gasteiger partial charge is 0.294 e. The molecule has 3 heteroatoms. The van der Waals surface area contributed by atoms with E-state index in [1.54, 1.807) is 0 Å². The molecule has 0 unspecified atom stereocenters. The fourth-order valence-corrected chi connectivity index (χ4v) is 1.32. The molecule has 0 fully saturated rings. The number of carbonyl (C=O) groups excluding carboxylic acids is 1. The van der Waals surface area contributed by atoms with Crippen LogP contribution in [-0.2, 0) is 0 Å². The summed E-state index contributed by atoms with van der Waals surface area (Å²) in [5.74, 6) is -1.80. The third-order valence-electron chi connectivity index (χ3n) is 2.46. The summed E-state index contributed by atoms with van der Waals surface area (Å²) in [6, 6.07) is 1.99. The molecule has 0 radical (unpaired) electrons. The average Bonchev–Trinajstić information content (AvgIpc) is 2.23. The highest BCUT2D eigenvalue weighted by Crippen LogP contribution is 2.18. The molecule has 0 atom stereocenters. The van der Waals surface area contributed by atoms with Gasteiger partial charge in [-0.15, -0.1) is 0 Å². The summed E-state index contributed by atoms with van der Waals surface area (Å²) >= 11 is 0. The van der Waals surface area contributed by atoms with Crippen LogP contribution in [0.5, 0.6) is 0 Å². The normalized spacial score (nSPS) is 10.2. The first-order valence-corrected chi connectivity index (χ1v) is 5.11. The molecule has 0 heterocycles. The highest BCUT2D eigenvalue weighted by Gasteiger charge is 2.14. The Hall–Kier alpha value is -1.51. The lowest BCUT2D eigenvalue weighted by molar-refractivity contribution is 0.0988. The molecule has 1 rings (SSSR count). The lowest BCUT2D eigenvalue weighted by atomic mass is 10.0. The van der Waals surface area contributed by atoms with E-state index in [0.717, 1.165) is 11.6 Å². The maximum Gasteiger partial charge on any atom is 0.169 e. The molecule has 1 aromatic carbocycles. The molecule has 1 nitrogen and oxygen atoms in total. The second-order valence-electron chi connectivity index (χ2n) is 3.78. The van der Waals surface area contributed by atoms with Crippen LogP contribution in [-0.4, -0.2) is 5.78 Å². The van der Waals surface area contributed by atoms with E-state index in [1.165, 1.54) is 13.0 Å². The van der Waals surface area contributed by atoms with Crippen LogP contribution >= 0.6 is 0 Å². The number of benzene rings is 1. The van der Waals surface area contributed by atoms with Crippen LogP contribution in [0.15, 0.2) is 24.3 Å². The molecule has 16 heavy (non-hydrogen) atoms. The van der Waals surface area contributed by atoms with Crippen LogP contribution in [0.1, 0.15) is 35.7 Å². The maximum absolute atomic E-state index is 13.3. The lowest BCUT2D eigenvalue weighted by Crippen LogP contribution is -2.05. The Bertz CT molecular complexity index is 436. The highest BCUT2D eigenvalue weighted by molar-refractivity contribution is 5.97. The number of ketones is 1. The zero-order valence-corrected chi connectivity index (χ0v) is 9.44. The van der Waals surface area contributed by atoms with E-state index in [-0.39, 0.29) is 23.3 Å². The van der Waals surface area contributed by atoms with Crippen molar-refractivity contribution in [1.82, 2.24) is 0 Å². The van der Waals surface area contributed by atoms with Crippen LogP contribution in [0.3, 0.4) is 0 Å². The molecule has 86 valence electrons. The van der Waals surface area contributed by atoms with E-state index in [2.05, 4.69) is 6.58 Å². The van der Waals surface area contributed by atoms with Crippen molar-refractivity contribution in [1.29, 1.82) is 0 Å². The molecule has 0 spiro atoms. The van der Waals surface area contributed by atoms with Crippen molar-refractivity contribution in [3.8, 4) is 0 Å². The lowest BCUT2D eigenvalue weighted by Gasteiger charge is -2.05. The van der Waals surface area contributed by atoms with Gasteiger partial charge in [0.1, 0.15) is 11.6 Å². The monoisotopic (exact) mass is 224 g/mol. The zero-order chi connectivity index (χ0) is 12.3. The van der Waals surface area contributed by atoms with Crippen molar-refractivity contribution in [3.05, 3.63) is 47.0 Å². The molecular formula is C13H14F2O. The standard InChI is InChI=1S/C13H14F2O/c1-4-8(2)5-13(16)10-6-9(3)11(14)7-12(10)15/h6-7H,2,4-5H2,1,3H3. The summed E-state index contributed by atoms with van der Waals surface area (Å²) in [6.07, 6.45) is 0.784. The Morgan fingerprint density at radius 3 is 2.50 bits per heavy atom. The van der Waals surface area contributed by atoms with Gasteiger partial charge in [-0.1, -0.05) is 19.1 Å². The Morgan fingerprint density at radius 1 is 1.31 bits per heavy atom. The summed E-state index contributed by atoms with van der Waals surface area (Å²) in [5.41, 5.74) is 0.951. The van der Waals surface area contributed by atoms with Gasteiger partial charge < -0.3 is 0 Å². The van der Waals surface area contributed by atoms with Crippen LogP contribution in [0.25, 0.3) is 0 Å². The average molecular weight is 224 g/mol. The number of allylic oxidation sites excluding steroid dienone is 1. The first-order valence-electron chi connectivity index (χ1n) is 5.11. The summed E-state index contributed by atoms with van der Waals surface area (Å²) in [6.45, 7) is 7.07. The molecule has 1 aromatic rings. The van der Waals surface area contributed by atoms with Crippen molar-refractivity contribution in [2.75, 3.05) is 0 Å². The van der Waals surface area contributed by atoms with Gasteiger partial charge in [-0.3, -0.25) is 4.79 Å². The van der Waals surface area contributed by atoms with Gasteiger partial charge >= 0.3 is 0 Å². The Morgan fingerprint density at radius 2 is 1.94 bits per heavy atom. The number of aryl methyl sites for hydroxylation is 1. The smallest absolute Gasteiger partial charge is 0.169 e. The van der Waals surface area contributed by atoms with E-state index >= 15 is 0 Å². The quantitative estimate of drug-likeness (QED) is 0.561. The van der Waals surface area contributed by atoms with Gasteiger partial charge in [0.2, 0.25) is 0 Å². The molecule has 0 saturated carbocycles. The van der Waals surface area contributed by atoms with Gasteiger partial charge in [-0.25, -0.2) is 8.78 Å². The van der Waals surface area contributed by atoms with Crippen LogP contribution in [0.2, 0.25) is 0 Å². The van der Waals surface area contributed by atoms with Gasteiger partial charge in [0.25, 0.3) is 0 Å². The molecule has 0 N–H and O–H groups in total. The molecule has 0 bridgehead atoms. The minimum absolute atomic E-state index is 0.0616. The third-order valence-corrected chi connectivity index (χ3v) is 2.46. The number of rotatable bonds is 4. The summed E-state index contributed by atoms with van der Waals surface area (Å²) in [5, 5.41) is 0. The van der Waals surface area contributed by atoms with Crippen LogP contribution in [0.4, 0.5) is 8.78 Å². The number of hydrogen-bond donors (Lipinski definition) is 0. The topological polar surface area (TPSA) is 17.1 Å². The number of halogens is 2. The van der Waals surface area contributed by atoms with Gasteiger partial charge in [0.05, 0.1) is 5.56 Å². The van der Waals surface area contributed by atoms with Crippen molar-refractivity contribution in [2.45, 2.75) is 26.7 Å². The van der Waals surface area contributed by atoms with E-state index in [4.69, 9.17) is 0 Å². The fraction of sp³-hybridized carbons (Fsp3) is 0.308. The highest BCUT2D eigenvalue weighted by atomic mass is 19.1. The number of hydrogen-bond acceptors (Lipinski definition) is 1. The molecule has 0 saturated heterocycles. The summed E-state index contributed by atoms with van der Waals surface area (Å²) in [4.78, 5) is 11.7. The molecule has 0 aliphatic heterocycles. The van der Waals surface area contributed by atoms with E-state index in [1.807, 2.05) is 6.92 Å². The van der Waals surface area contributed by atoms with Gasteiger partial charge in [0, 0.05) is 12.5 Å². The first-order chi connectivity index (χ1) is 7.45. The van der Waals surface area contributed by atoms with E-state index in [9.17, 15) is 13.6 Å². The zero-order valence-electron chi connectivity index (χ0n) is 9.44. The number of Topliss-reactive ketones (excluding diaryl/α,β-unsaturated/α-hetero) is 1. The van der Waals surface area contributed by atoms with E-state index < -0.39 is 11.6 Å². The van der Waals surface area contributed by atoms with Crippen LogP contribution < -0.4 is 0 Å². The second-order valence-corrected chi connectivity index (χ2v) is 3.78. The van der Waals surface area contributed by atoms with Crippen molar-refractivity contribution >= 4 is 5.78 Å².